The maximum atomic E-state index is 8.83. The zero-order valence-electron chi connectivity index (χ0n) is 9.83. The normalized spacial score (nSPS) is 16.4. The lowest BCUT2D eigenvalue weighted by atomic mass is 9.89. The van der Waals surface area contributed by atoms with Crippen LogP contribution in [0.4, 0.5) is 0 Å². The van der Waals surface area contributed by atoms with Crippen molar-refractivity contribution < 1.29 is 0 Å². The highest BCUT2D eigenvalue weighted by molar-refractivity contribution is 5.29. The van der Waals surface area contributed by atoms with E-state index >= 15 is 0 Å². The Labute approximate surface area is 93.1 Å². The third kappa shape index (κ3) is 4.46. The van der Waals surface area contributed by atoms with Crippen LogP contribution in [0.5, 0.6) is 0 Å². The van der Waals surface area contributed by atoms with Crippen molar-refractivity contribution in [1.82, 2.24) is 0 Å². The van der Waals surface area contributed by atoms with Gasteiger partial charge in [0.2, 0.25) is 0 Å². The number of hydrogen-bond acceptors (Lipinski definition) is 1. The lowest BCUT2D eigenvalue weighted by Crippen LogP contribution is -2.07. The number of allylic oxidation sites excluding steroid dienone is 6. The second-order valence-electron chi connectivity index (χ2n) is 3.69. The molecule has 80 valence electrons. The summed E-state index contributed by atoms with van der Waals surface area (Å²) in [5, 5.41) is 8.83. The summed E-state index contributed by atoms with van der Waals surface area (Å²) in [5.74, 6) is 0.216. The predicted octanol–water partition coefficient (Wildman–Crippen LogP) is 4.03. The Balaban J connectivity index is 4.85. The van der Waals surface area contributed by atoms with E-state index in [4.69, 9.17) is 5.26 Å². The van der Waals surface area contributed by atoms with Crippen LogP contribution in [0.1, 0.15) is 20.8 Å². The molecule has 2 atom stereocenters. The van der Waals surface area contributed by atoms with Crippen molar-refractivity contribution in [3.63, 3.8) is 0 Å². The van der Waals surface area contributed by atoms with E-state index < -0.39 is 0 Å². The minimum absolute atomic E-state index is 0.00619. The fourth-order valence-corrected chi connectivity index (χ4v) is 1.10. The van der Waals surface area contributed by atoms with Gasteiger partial charge in [0.05, 0.1) is 12.0 Å². The molecule has 0 saturated heterocycles. The molecule has 0 radical (unpaired) electrons. The summed E-state index contributed by atoms with van der Waals surface area (Å²) in [7, 11) is 0. The SMILES string of the molecule is C=C/C(C)=C\C=C(/C=C)C(C)C(C)C#N. The molecule has 2 unspecified atom stereocenters. The number of nitrogens with zero attached hydrogens (tertiary/aromatic N) is 1. The third-order valence-corrected chi connectivity index (χ3v) is 2.58. The highest BCUT2D eigenvalue weighted by Gasteiger charge is 2.13. The summed E-state index contributed by atoms with van der Waals surface area (Å²) in [6, 6.07) is 2.25. The molecule has 0 saturated carbocycles. The largest absolute Gasteiger partial charge is 0.198 e. The molecule has 0 bridgehead atoms. The lowest BCUT2D eigenvalue weighted by molar-refractivity contribution is 0.550. The standard InChI is InChI=1S/C14H19N/c1-6-11(3)8-9-14(7-2)13(5)12(4)10-15/h6-9,12-13H,1-2H2,3-5H3/b11-8-,14-9+. The minimum atomic E-state index is 0.00619. The van der Waals surface area contributed by atoms with Crippen molar-refractivity contribution in [2.24, 2.45) is 11.8 Å². The first kappa shape index (κ1) is 13.4. The van der Waals surface area contributed by atoms with E-state index in [-0.39, 0.29) is 11.8 Å². The lowest BCUT2D eigenvalue weighted by Gasteiger charge is -2.14. The Morgan fingerprint density at radius 1 is 1.20 bits per heavy atom. The molecule has 0 aromatic rings. The van der Waals surface area contributed by atoms with Gasteiger partial charge in [-0.3, -0.25) is 0 Å². The van der Waals surface area contributed by atoms with E-state index in [9.17, 15) is 0 Å². The van der Waals surface area contributed by atoms with Crippen molar-refractivity contribution >= 4 is 0 Å². The van der Waals surface area contributed by atoms with Gasteiger partial charge in [-0.15, -0.1) is 0 Å². The maximum absolute atomic E-state index is 8.83. The van der Waals surface area contributed by atoms with Crippen LogP contribution in [0.15, 0.2) is 48.6 Å². The maximum Gasteiger partial charge on any atom is 0.0659 e. The smallest absolute Gasteiger partial charge is 0.0659 e. The summed E-state index contributed by atoms with van der Waals surface area (Å²) < 4.78 is 0. The van der Waals surface area contributed by atoms with Gasteiger partial charge in [0.25, 0.3) is 0 Å². The van der Waals surface area contributed by atoms with Gasteiger partial charge >= 0.3 is 0 Å². The molecule has 0 aliphatic heterocycles. The first-order valence-corrected chi connectivity index (χ1v) is 5.09. The van der Waals surface area contributed by atoms with Gasteiger partial charge in [0.1, 0.15) is 0 Å². The van der Waals surface area contributed by atoms with Crippen LogP contribution >= 0.6 is 0 Å². The molecule has 0 aliphatic carbocycles. The fraction of sp³-hybridized carbons (Fsp3) is 0.357. The molecule has 15 heavy (non-hydrogen) atoms. The summed E-state index contributed by atoms with van der Waals surface area (Å²) in [6.07, 6.45) is 7.61. The van der Waals surface area contributed by atoms with Gasteiger partial charge < -0.3 is 0 Å². The molecule has 0 amide bonds. The Hall–Kier alpha value is -1.55. The van der Waals surface area contributed by atoms with E-state index in [0.717, 1.165) is 11.1 Å². The molecular formula is C14H19N. The van der Waals surface area contributed by atoms with Gasteiger partial charge in [-0.05, 0) is 25.3 Å². The molecule has 0 aromatic heterocycles. The van der Waals surface area contributed by atoms with Crippen LogP contribution in [0.3, 0.4) is 0 Å². The summed E-state index contributed by atoms with van der Waals surface area (Å²) in [5.41, 5.74) is 2.19. The zero-order chi connectivity index (χ0) is 11.8. The molecular weight excluding hydrogens is 182 g/mol. The van der Waals surface area contributed by atoms with Gasteiger partial charge in [0, 0.05) is 0 Å². The van der Waals surface area contributed by atoms with E-state index in [2.05, 4.69) is 19.2 Å². The summed E-state index contributed by atoms with van der Waals surface area (Å²) in [6.45, 7) is 13.4. The highest BCUT2D eigenvalue weighted by atomic mass is 14.3. The van der Waals surface area contributed by atoms with Crippen LogP contribution < -0.4 is 0 Å². The van der Waals surface area contributed by atoms with Crippen molar-refractivity contribution in [2.75, 3.05) is 0 Å². The first-order chi connectivity index (χ1) is 7.06. The summed E-state index contributed by atoms with van der Waals surface area (Å²) >= 11 is 0. The van der Waals surface area contributed by atoms with Crippen LogP contribution in [-0.4, -0.2) is 0 Å². The topological polar surface area (TPSA) is 23.8 Å². The van der Waals surface area contributed by atoms with Crippen LogP contribution in [0.25, 0.3) is 0 Å². The molecule has 0 heterocycles. The number of hydrogen-bond donors (Lipinski definition) is 0. The second-order valence-corrected chi connectivity index (χ2v) is 3.69. The van der Waals surface area contributed by atoms with Crippen LogP contribution in [0.2, 0.25) is 0 Å². The Morgan fingerprint density at radius 3 is 2.20 bits per heavy atom. The average molecular weight is 201 g/mol. The molecule has 0 N–H and O–H groups in total. The Bertz CT molecular complexity index is 326. The second kappa shape index (κ2) is 6.84. The Morgan fingerprint density at radius 2 is 1.80 bits per heavy atom. The molecule has 0 rings (SSSR count). The zero-order valence-corrected chi connectivity index (χ0v) is 9.83. The molecule has 0 fully saturated rings. The third-order valence-electron chi connectivity index (χ3n) is 2.58. The highest BCUT2D eigenvalue weighted by Crippen LogP contribution is 2.20. The number of rotatable bonds is 5. The van der Waals surface area contributed by atoms with Crippen LogP contribution in [-0.2, 0) is 0 Å². The van der Waals surface area contributed by atoms with E-state index in [1.807, 2.05) is 39.0 Å². The van der Waals surface area contributed by atoms with Crippen molar-refractivity contribution in [3.05, 3.63) is 48.6 Å². The minimum Gasteiger partial charge on any atom is -0.198 e. The van der Waals surface area contributed by atoms with Gasteiger partial charge in [-0.2, -0.15) is 5.26 Å². The van der Waals surface area contributed by atoms with E-state index in [0.29, 0.717) is 0 Å². The first-order valence-electron chi connectivity index (χ1n) is 5.09. The van der Waals surface area contributed by atoms with Gasteiger partial charge in [-0.1, -0.05) is 50.0 Å². The molecule has 0 aromatic carbocycles. The van der Waals surface area contributed by atoms with E-state index in [1.54, 1.807) is 6.08 Å². The molecule has 1 nitrogen and oxygen atoms in total. The van der Waals surface area contributed by atoms with Gasteiger partial charge in [-0.25, -0.2) is 0 Å². The fourth-order valence-electron chi connectivity index (χ4n) is 1.10. The molecule has 0 spiro atoms. The van der Waals surface area contributed by atoms with Crippen molar-refractivity contribution in [3.8, 4) is 6.07 Å². The van der Waals surface area contributed by atoms with Crippen LogP contribution in [0, 0.1) is 23.2 Å². The van der Waals surface area contributed by atoms with Crippen molar-refractivity contribution in [2.45, 2.75) is 20.8 Å². The summed E-state index contributed by atoms with van der Waals surface area (Å²) in [4.78, 5) is 0. The molecule has 0 aliphatic rings. The van der Waals surface area contributed by atoms with Crippen molar-refractivity contribution in [1.29, 1.82) is 5.26 Å². The van der Waals surface area contributed by atoms with Gasteiger partial charge in [0.15, 0.2) is 0 Å². The Kier molecular flexibility index (Phi) is 6.13. The molecule has 1 heteroatoms. The van der Waals surface area contributed by atoms with E-state index in [1.165, 1.54) is 0 Å². The monoisotopic (exact) mass is 201 g/mol. The number of nitriles is 1. The predicted molar refractivity (Wildman–Crippen MR) is 66.2 cm³/mol. The average Bonchev–Trinajstić information content (AvgIpc) is 2.27. The quantitative estimate of drug-likeness (QED) is 0.616.